The molecule has 0 heterocycles. The highest BCUT2D eigenvalue weighted by Crippen LogP contribution is 2.19. The molecule has 0 fully saturated rings. The van der Waals surface area contributed by atoms with E-state index in [0.717, 1.165) is 64.2 Å². The van der Waals surface area contributed by atoms with Gasteiger partial charge in [0.2, 0.25) is 0 Å². The second-order valence-corrected chi connectivity index (χ2v) is 24.2. The topological polar surface area (TPSA) is 78.9 Å². The molecule has 1 atom stereocenters. The minimum Gasteiger partial charge on any atom is -0.462 e. The third-order valence-electron chi connectivity index (χ3n) is 16.3. The summed E-state index contributed by atoms with van der Waals surface area (Å²) in [5.41, 5.74) is 0. The maximum absolute atomic E-state index is 12.9. The van der Waals surface area contributed by atoms with Crippen molar-refractivity contribution in [1.82, 2.24) is 0 Å². The lowest BCUT2D eigenvalue weighted by atomic mass is 10.0. The first-order chi connectivity index (χ1) is 38.0. The molecule has 6 nitrogen and oxygen atoms in total. The summed E-state index contributed by atoms with van der Waals surface area (Å²) in [6, 6.07) is 0. The highest BCUT2D eigenvalue weighted by Gasteiger charge is 2.19. The predicted molar refractivity (Wildman–Crippen MR) is 335 cm³/mol. The lowest BCUT2D eigenvalue weighted by Crippen LogP contribution is -2.30. The van der Waals surface area contributed by atoms with E-state index in [2.05, 4.69) is 32.9 Å². The number of carbonyl (C=O) groups excluding carboxylic acids is 3. The largest absolute Gasteiger partial charge is 0.462 e. The molecule has 0 rings (SSSR count). The second kappa shape index (κ2) is 66.7. The van der Waals surface area contributed by atoms with Gasteiger partial charge in [-0.2, -0.15) is 0 Å². The summed E-state index contributed by atoms with van der Waals surface area (Å²) in [5.74, 6) is -0.841. The molecule has 0 aromatic heterocycles. The van der Waals surface area contributed by atoms with E-state index in [4.69, 9.17) is 14.2 Å². The van der Waals surface area contributed by atoms with E-state index in [0.29, 0.717) is 19.3 Å². The fraction of sp³-hybridized carbons (Fsp3) is 0.930. The van der Waals surface area contributed by atoms with Crippen LogP contribution in [0.1, 0.15) is 406 Å². The van der Waals surface area contributed by atoms with Crippen molar-refractivity contribution in [3.05, 3.63) is 12.2 Å². The average molecular weight is 1090 g/mol. The van der Waals surface area contributed by atoms with Gasteiger partial charge in [0, 0.05) is 19.3 Å². The molecule has 0 saturated heterocycles. The molecule has 0 aliphatic heterocycles. The van der Waals surface area contributed by atoms with Gasteiger partial charge in [0.25, 0.3) is 0 Å². The molecule has 456 valence electrons. The highest BCUT2D eigenvalue weighted by atomic mass is 16.6. The Labute approximate surface area is 481 Å². The fourth-order valence-electron chi connectivity index (χ4n) is 11.0. The summed E-state index contributed by atoms with van der Waals surface area (Å²) >= 11 is 0. The number of hydrogen-bond acceptors (Lipinski definition) is 6. The molecule has 0 bridgehead atoms. The number of unbranched alkanes of at least 4 members (excludes halogenated alkanes) is 53. The molecule has 0 N–H and O–H groups in total. The van der Waals surface area contributed by atoms with Gasteiger partial charge in [0.05, 0.1) is 0 Å². The zero-order chi connectivity index (χ0) is 55.7. The summed E-state index contributed by atoms with van der Waals surface area (Å²) in [6.45, 7) is 6.71. The Morgan fingerprint density at radius 3 is 0.649 bits per heavy atom. The van der Waals surface area contributed by atoms with E-state index < -0.39 is 6.10 Å². The van der Waals surface area contributed by atoms with E-state index in [1.165, 1.54) is 302 Å². The lowest BCUT2D eigenvalue weighted by molar-refractivity contribution is -0.167. The molecule has 0 aromatic carbocycles. The average Bonchev–Trinajstić information content (AvgIpc) is 3.43. The zero-order valence-electron chi connectivity index (χ0n) is 52.5. The normalized spacial score (nSPS) is 12.0. The standard InChI is InChI=1S/C71H136O6/c1-4-7-10-13-16-19-22-25-28-30-31-32-33-34-35-36-37-38-39-40-42-43-46-49-52-55-58-61-64-70(73)76-67-68(66-75-69(72)63-60-57-54-51-48-45-27-24-21-18-15-12-9-6-3)77-71(74)65-62-59-56-53-50-47-44-41-29-26-23-20-17-14-11-8-5-2/h24,27,68H,4-23,25-26,28-67H2,1-3H3/b27-24-. The number of allylic oxidation sites excluding steroid dienone is 2. The van der Waals surface area contributed by atoms with Crippen LogP contribution in [0.4, 0.5) is 0 Å². The second-order valence-electron chi connectivity index (χ2n) is 24.2. The van der Waals surface area contributed by atoms with Gasteiger partial charge in [-0.1, -0.05) is 354 Å². The number of hydrogen-bond donors (Lipinski definition) is 0. The molecule has 0 radical (unpaired) electrons. The maximum atomic E-state index is 12.9. The minimum atomic E-state index is -0.769. The van der Waals surface area contributed by atoms with Crippen molar-refractivity contribution < 1.29 is 28.6 Å². The first kappa shape index (κ1) is 75.2. The van der Waals surface area contributed by atoms with Gasteiger partial charge < -0.3 is 14.2 Å². The molecule has 77 heavy (non-hydrogen) atoms. The molecule has 6 heteroatoms. The van der Waals surface area contributed by atoms with Crippen molar-refractivity contribution in [1.29, 1.82) is 0 Å². The van der Waals surface area contributed by atoms with Crippen molar-refractivity contribution in [3.63, 3.8) is 0 Å². The summed E-state index contributed by atoms with van der Waals surface area (Å²) in [7, 11) is 0. The monoisotopic (exact) mass is 1090 g/mol. The molecule has 1 unspecified atom stereocenters. The summed E-state index contributed by atoms with van der Waals surface area (Å²) in [6.07, 6.45) is 79.6. The van der Waals surface area contributed by atoms with Crippen molar-refractivity contribution in [3.8, 4) is 0 Å². The van der Waals surface area contributed by atoms with Crippen LogP contribution in [0.3, 0.4) is 0 Å². The van der Waals surface area contributed by atoms with Gasteiger partial charge in [0.1, 0.15) is 13.2 Å². The minimum absolute atomic E-state index is 0.0657. The van der Waals surface area contributed by atoms with Crippen LogP contribution in [0.2, 0.25) is 0 Å². The zero-order valence-corrected chi connectivity index (χ0v) is 52.5. The van der Waals surface area contributed by atoms with Gasteiger partial charge >= 0.3 is 17.9 Å². The Bertz CT molecular complexity index is 1200. The Kier molecular flexibility index (Phi) is 65.1. The Hall–Kier alpha value is -1.85. The summed E-state index contributed by atoms with van der Waals surface area (Å²) in [4.78, 5) is 38.4. The quantitative estimate of drug-likeness (QED) is 0.0261. The van der Waals surface area contributed by atoms with Crippen LogP contribution in [-0.4, -0.2) is 37.2 Å². The number of esters is 3. The van der Waals surface area contributed by atoms with Crippen LogP contribution in [0, 0.1) is 0 Å². The van der Waals surface area contributed by atoms with Gasteiger partial charge in [-0.05, 0) is 44.9 Å². The Balaban J connectivity index is 4.17. The van der Waals surface area contributed by atoms with Crippen molar-refractivity contribution in [2.75, 3.05) is 13.2 Å². The van der Waals surface area contributed by atoms with Crippen LogP contribution >= 0.6 is 0 Å². The molecular formula is C71H136O6. The molecule has 0 aromatic rings. The molecular weight excluding hydrogens is 949 g/mol. The Morgan fingerprint density at radius 2 is 0.429 bits per heavy atom. The molecule has 0 aliphatic carbocycles. The molecule has 0 saturated carbocycles. The third-order valence-corrected chi connectivity index (χ3v) is 16.3. The predicted octanol–water partition coefficient (Wildman–Crippen LogP) is 24.0. The van der Waals surface area contributed by atoms with E-state index in [-0.39, 0.29) is 31.1 Å². The van der Waals surface area contributed by atoms with Crippen LogP contribution in [0.25, 0.3) is 0 Å². The fourth-order valence-corrected chi connectivity index (χ4v) is 11.0. The van der Waals surface area contributed by atoms with Gasteiger partial charge in [0.15, 0.2) is 6.10 Å². The molecule has 0 amide bonds. The third kappa shape index (κ3) is 64.9. The smallest absolute Gasteiger partial charge is 0.306 e. The number of carbonyl (C=O) groups is 3. The van der Waals surface area contributed by atoms with Crippen molar-refractivity contribution in [2.45, 2.75) is 412 Å². The van der Waals surface area contributed by atoms with Crippen LogP contribution in [0.5, 0.6) is 0 Å². The summed E-state index contributed by atoms with van der Waals surface area (Å²) in [5, 5.41) is 0. The van der Waals surface area contributed by atoms with E-state index in [9.17, 15) is 14.4 Å². The summed E-state index contributed by atoms with van der Waals surface area (Å²) < 4.78 is 17.0. The Morgan fingerprint density at radius 1 is 0.247 bits per heavy atom. The molecule has 0 spiro atoms. The van der Waals surface area contributed by atoms with E-state index >= 15 is 0 Å². The maximum Gasteiger partial charge on any atom is 0.306 e. The van der Waals surface area contributed by atoms with Crippen LogP contribution in [-0.2, 0) is 28.6 Å². The van der Waals surface area contributed by atoms with Crippen molar-refractivity contribution in [2.24, 2.45) is 0 Å². The first-order valence-corrected chi connectivity index (χ1v) is 35.2. The number of rotatable bonds is 66. The number of ether oxygens (including phenoxy) is 3. The first-order valence-electron chi connectivity index (χ1n) is 35.2. The van der Waals surface area contributed by atoms with E-state index in [1.54, 1.807) is 0 Å². The molecule has 0 aliphatic rings. The van der Waals surface area contributed by atoms with Gasteiger partial charge in [-0.25, -0.2) is 0 Å². The van der Waals surface area contributed by atoms with Gasteiger partial charge in [-0.3, -0.25) is 14.4 Å². The van der Waals surface area contributed by atoms with E-state index in [1.807, 2.05) is 0 Å². The van der Waals surface area contributed by atoms with Crippen LogP contribution in [0.15, 0.2) is 12.2 Å². The lowest BCUT2D eigenvalue weighted by Gasteiger charge is -2.18. The van der Waals surface area contributed by atoms with Crippen LogP contribution < -0.4 is 0 Å². The SMILES string of the molecule is CCCCCCC/C=C\CCCCCCCC(=O)OCC(COC(=O)CCCCCCCCCCCCCCCCCCCCCCCCCCCCCC)OC(=O)CCCCCCCCCCCCCCCCCCC. The van der Waals surface area contributed by atoms with Gasteiger partial charge in [-0.15, -0.1) is 0 Å². The van der Waals surface area contributed by atoms with Crippen molar-refractivity contribution >= 4 is 17.9 Å². The highest BCUT2D eigenvalue weighted by molar-refractivity contribution is 5.71.